The van der Waals surface area contributed by atoms with Gasteiger partial charge in [-0.3, -0.25) is 0 Å². The molecular weight excluding hydrogens is 517 g/mol. The molecule has 1 heterocycles. The number of para-hydroxylation sites is 1. The number of nitrogens with zero attached hydrogens (tertiary/aromatic N) is 2. The molecule has 1 aromatic carbocycles. The molecule has 0 aliphatic carbocycles. The number of guanidine groups is 1. The van der Waals surface area contributed by atoms with Crippen LogP contribution in [0.5, 0.6) is 11.5 Å². The molecule has 2 rings (SSSR count). The molecule has 29 heavy (non-hydrogen) atoms. The SMILES string of the molecule is CCNC(=NCc1ccc(Cl)nc1)NCc1cccc(OCC)c1OC(F)F.I. The summed E-state index contributed by atoms with van der Waals surface area (Å²) < 4.78 is 35.7. The summed E-state index contributed by atoms with van der Waals surface area (Å²) >= 11 is 5.78. The summed E-state index contributed by atoms with van der Waals surface area (Å²) in [5.74, 6) is 0.822. The van der Waals surface area contributed by atoms with E-state index in [1.54, 1.807) is 37.4 Å². The normalized spacial score (nSPS) is 11.0. The second-order valence-electron chi connectivity index (χ2n) is 5.59. The molecule has 2 N–H and O–H groups in total. The lowest BCUT2D eigenvalue weighted by Crippen LogP contribution is -2.36. The van der Waals surface area contributed by atoms with Crippen molar-refractivity contribution in [2.75, 3.05) is 13.2 Å². The summed E-state index contributed by atoms with van der Waals surface area (Å²) in [4.78, 5) is 8.49. The highest BCUT2D eigenvalue weighted by molar-refractivity contribution is 14.0. The van der Waals surface area contributed by atoms with Gasteiger partial charge in [0.05, 0.1) is 13.2 Å². The molecule has 0 unspecified atom stereocenters. The Bertz CT molecular complexity index is 779. The average Bonchev–Trinajstić information content (AvgIpc) is 2.67. The quantitative estimate of drug-likeness (QED) is 0.211. The first-order chi connectivity index (χ1) is 13.5. The number of benzene rings is 1. The lowest BCUT2D eigenvalue weighted by molar-refractivity contribution is -0.0520. The minimum Gasteiger partial charge on any atom is -0.490 e. The van der Waals surface area contributed by atoms with Gasteiger partial charge in [-0.1, -0.05) is 29.8 Å². The predicted octanol–water partition coefficient (Wildman–Crippen LogP) is 4.61. The molecule has 0 aliphatic rings. The number of nitrogens with one attached hydrogen (secondary N) is 2. The van der Waals surface area contributed by atoms with Crippen LogP contribution in [0.1, 0.15) is 25.0 Å². The maximum atomic E-state index is 12.8. The molecule has 0 fully saturated rings. The van der Waals surface area contributed by atoms with Gasteiger partial charge in [-0.25, -0.2) is 9.98 Å². The lowest BCUT2D eigenvalue weighted by atomic mass is 10.2. The van der Waals surface area contributed by atoms with Gasteiger partial charge in [0.1, 0.15) is 5.15 Å². The largest absolute Gasteiger partial charge is 0.490 e. The van der Waals surface area contributed by atoms with E-state index in [9.17, 15) is 8.78 Å². The van der Waals surface area contributed by atoms with Crippen LogP contribution in [0.4, 0.5) is 8.78 Å². The number of pyridine rings is 1. The molecule has 0 amide bonds. The van der Waals surface area contributed by atoms with Crippen LogP contribution in [-0.2, 0) is 13.1 Å². The molecule has 0 bridgehead atoms. The van der Waals surface area contributed by atoms with E-state index in [1.807, 2.05) is 13.0 Å². The second kappa shape index (κ2) is 13.4. The van der Waals surface area contributed by atoms with Crippen LogP contribution in [0.2, 0.25) is 5.15 Å². The van der Waals surface area contributed by atoms with Crippen LogP contribution >= 0.6 is 35.6 Å². The molecule has 0 saturated heterocycles. The Morgan fingerprint density at radius 2 is 2.00 bits per heavy atom. The first-order valence-corrected chi connectivity index (χ1v) is 9.23. The second-order valence-corrected chi connectivity index (χ2v) is 5.98. The molecule has 0 atom stereocenters. The zero-order valence-electron chi connectivity index (χ0n) is 16.1. The molecular formula is C19H24ClF2IN4O2. The van der Waals surface area contributed by atoms with Gasteiger partial charge in [-0.15, -0.1) is 24.0 Å². The van der Waals surface area contributed by atoms with Gasteiger partial charge in [-0.2, -0.15) is 8.78 Å². The molecule has 1 aromatic heterocycles. The van der Waals surface area contributed by atoms with E-state index in [0.717, 1.165) is 5.56 Å². The van der Waals surface area contributed by atoms with Gasteiger partial charge in [0.2, 0.25) is 0 Å². The van der Waals surface area contributed by atoms with Gasteiger partial charge in [0.15, 0.2) is 17.5 Å². The van der Waals surface area contributed by atoms with E-state index in [-0.39, 0.29) is 42.0 Å². The summed E-state index contributed by atoms with van der Waals surface area (Å²) in [6, 6.07) is 8.55. The standard InChI is InChI=1S/C19H23ClF2N4O2.HI/c1-3-23-19(25-11-13-8-9-16(20)24-10-13)26-12-14-6-5-7-15(27-4-2)17(14)28-18(21)22;/h5-10,18H,3-4,11-12H2,1-2H3,(H2,23,25,26);1H. The highest BCUT2D eigenvalue weighted by atomic mass is 127. The van der Waals surface area contributed by atoms with Crippen molar-refractivity contribution < 1.29 is 18.3 Å². The van der Waals surface area contributed by atoms with Gasteiger partial charge >= 0.3 is 6.61 Å². The molecule has 0 saturated carbocycles. The number of ether oxygens (including phenoxy) is 2. The Morgan fingerprint density at radius 3 is 2.62 bits per heavy atom. The Morgan fingerprint density at radius 1 is 1.21 bits per heavy atom. The smallest absolute Gasteiger partial charge is 0.387 e. The van der Waals surface area contributed by atoms with Crippen LogP contribution in [-0.4, -0.2) is 30.7 Å². The third-order valence-corrected chi connectivity index (χ3v) is 3.79. The third-order valence-electron chi connectivity index (χ3n) is 3.57. The molecule has 0 spiro atoms. The number of rotatable bonds is 9. The summed E-state index contributed by atoms with van der Waals surface area (Å²) in [6.45, 7) is 2.37. The number of halogens is 4. The van der Waals surface area contributed by atoms with E-state index in [2.05, 4.69) is 25.3 Å². The van der Waals surface area contributed by atoms with Gasteiger partial charge in [0.25, 0.3) is 0 Å². The van der Waals surface area contributed by atoms with Crippen LogP contribution in [0, 0.1) is 0 Å². The van der Waals surface area contributed by atoms with E-state index in [0.29, 0.717) is 36.4 Å². The molecule has 10 heteroatoms. The summed E-state index contributed by atoms with van der Waals surface area (Å²) in [5, 5.41) is 6.64. The Labute approximate surface area is 191 Å². The topological polar surface area (TPSA) is 67.8 Å². The molecule has 2 aromatic rings. The monoisotopic (exact) mass is 540 g/mol. The van der Waals surface area contributed by atoms with Crippen LogP contribution < -0.4 is 20.1 Å². The van der Waals surface area contributed by atoms with Crippen molar-refractivity contribution in [3.8, 4) is 11.5 Å². The van der Waals surface area contributed by atoms with Gasteiger partial charge in [0, 0.05) is 24.8 Å². The van der Waals surface area contributed by atoms with E-state index >= 15 is 0 Å². The van der Waals surface area contributed by atoms with Crippen molar-refractivity contribution in [2.45, 2.75) is 33.5 Å². The summed E-state index contributed by atoms with van der Waals surface area (Å²) in [5.41, 5.74) is 1.42. The first kappa shape index (κ1) is 25.2. The third kappa shape index (κ3) is 8.57. The fraction of sp³-hybridized carbons (Fsp3) is 0.368. The Kier molecular flexibility index (Phi) is 11.6. The number of aromatic nitrogens is 1. The maximum Gasteiger partial charge on any atom is 0.387 e. The number of hydrogen-bond acceptors (Lipinski definition) is 4. The summed E-state index contributed by atoms with van der Waals surface area (Å²) in [6.07, 6.45) is 1.65. The maximum absolute atomic E-state index is 12.8. The predicted molar refractivity (Wildman–Crippen MR) is 121 cm³/mol. The van der Waals surface area contributed by atoms with Crippen LogP contribution in [0.25, 0.3) is 0 Å². The van der Waals surface area contributed by atoms with E-state index in [1.165, 1.54) is 0 Å². The van der Waals surface area contributed by atoms with Crippen molar-refractivity contribution in [1.29, 1.82) is 0 Å². The van der Waals surface area contributed by atoms with Gasteiger partial charge < -0.3 is 20.1 Å². The van der Waals surface area contributed by atoms with Crippen molar-refractivity contribution >= 4 is 41.5 Å². The van der Waals surface area contributed by atoms with Crippen molar-refractivity contribution in [3.05, 3.63) is 52.8 Å². The first-order valence-electron chi connectivity index (χ1n) is 8.85. The zero-order chi connectivity index (χ0) is 20.4. The highest BCUT2D eigenvalue weighted by Crippen LogP contribution is 2.32. The number of alkyl halides is 2. The minimum absolute atomic E-state index is 0. The average molecular weight is 541 g/mol. The number of aliphatic imine (C=N–C) groups is 1. The fourth-order valence-electron chi connectivity index (χ4n) is 2.38. The summed E-state index contributed by atoms with van der Waals surface area (Å²) in [7, 11) is 0. The Balaban J connectivity index is 0.00000420. The molecule has 0 aliphatic heterocycles. The molecule has 6 nitrogen and oxygen atoms in total. The van der Waals surface area contributed by atoms with Crippen molar-refractivity contribution in [1.82, 2.24) is 15.6 Å². The molecule has 160 valence electrons. The highest BCUT2D eigenvalue weighted by Gasteiger charge is 2.16. The minimum atomic E-state index is -2.94. The number of hydrogen-bond donors (Lipinski definition) is 2. The Hall–Kier alpha value is -1.88. The fourth-order valence-corrected chi connectivity index (χ4v) is 2.50. The van der Waals surface area contributed by atoms with Crippen molar-refractivity contribution in [2.24, 2.45) is 4.99 Å². The van der Waals surface area contributed by atoms with Crippen LogP contribution in [0.3, 0.4) is 0 Å². The van der Waals surface area contributed by atoms with Gasteiger partial charge in [-0.05, 0) is 31.5 Å². The lowest BCUT2D eigenvalue weighted by Gasteiger charge is -2.17. The van der Waals surface area contributed by atoms with Crippen molar-refractivity contribution in [3.63, 3.8) is 0 Å². The zero-order valence-corrected chi connectivity index (χ0v) is 19.2. The molecule has 0 radical (unpaired) electrons. The van der Waals surface area contributed by atoms with Crippen LogP contribution in [0.15, 0.2) is 41.5 Å². The van der Waals surface area contributed by atoms with E-state index < -0.39 is 6.61 Å². The van der Waals surface area contributed by atoms with E-state index in [4.69, 9.17) is 16.3 Å².